The molecule has 0 saturated carbocycles. The van der Waals surface area contributed by atoms with E-state index in [0.717, 1.165) is 16.3 Å². The van der Waals surface area contributed by atoms with E-state index in [-0.39, 0.29) is 11.9 Å². The molecule has 0 radical (unpaired) electrons. The summed E-state index contributed by atoms with van der Waals surface area (Å²) < 4.78 is 0. The lowest BCUT2D eigenvalue weighted by atomic mass is 10.2. The summed E-state index contributed by atoms with van der Waals surface area (Å²) >= 11 is 1.45. The Hall–Kier alpha value is -1.29. The molecule has 0 spiro atoms. The van der Waals surface area contributed by atoms with Crippen LogP contribution in [0.3, 0.4) is 0 Å². The number of carbonyl (C=O) groups is 1. The Balaban J connectivity index is 2.56. The van der Waals surface area contributed by atoms with Crippen LogP contribution >= 0.6 is 11.3 Å². The Bertz CT molecular complexity index is 346. The fourth-order valence-electron chi connectivity index (χ4n) is 1.20. The molecule has 0 aliphatic heterocycles. The van der Waals surface area contributed by atoms with E-state index in [0.29, 0.717) is 0 Å². The number of rotatable bonds is 5. The zero-order valence-electron chi connectivity index (χ0n) is 9.04. The van der Waals surface area contributed by atoms with E-state index >= 15 is 0 Å². The van der Waals surface area contributed by atoms with Crippen LogP contribution in [0.1, 0.15) is 23.0 Å². The summed E-state index contributed by atoms with van der Waals surface area (Å²) in [5, 5.41) is 6.91. The molecule has 1 amide bonds. The lowest BCUT2D eigenvalue weighted by Crippen LogP contribution is -2.31. The summed E-state index contributed by atoms with van der Waals surface area (Å²) in [6.07, 6.45) is 2.59. The summed E-state index contributed by atoms with van der Waals surface area (Å²) in [7, 11) is 1.84. The Labute approximate surface area is 94.2 Å². The Kier molecular flexibility index (Phi) is 4.37. The van der Waals surface area contributed by atoms with E-state index in [2.05, 4.69) is 17.2 Å². The fourth-order valence-corrected chi connectivity index (χ4v) is 1.96. The molecule has 1 aromatic rings. The molecular formula is C11H16N2OS. The predicted molar refractivity (Wildman–Crippen MR) is 65.6 cm³/mol. The molecule has 1 rings (SSSR count). The van der Waals surface area contributed by atoms with Crippen molar-refractivity contribution in [2.45, 2.75) is 19.4 Å². The molecule has 0 aliphatic carbocycles. The maximum Gasteiger partial charge on any atom is 0.261 e. The second-order valence-electron chi connectivity index (χ2n) is 3.31. The molecule has 1 atom stereocenters. The lowest BCUT2D eigenvalue weighted by molar-refractivity contribution is 0.0944. The molecule has 1 heterocycles. The van der Waals surface area contributed by atoms with Crippen LogP contribution in [0.15, 0.2) is 24.8 Å². The molecule has 15 heavy (non-hydrogen) atoms. The Morgan fingerprint density at radius 3 is 2.93 bits per heavy atom. The van der Waals surface area contributed by atoms with Crippen molar-refractivity contribution >= 4 is 22.2 Å². The monoisotopic (exact) mass is 224 g/mol. The average Bonchev–Trinajstić information content (AvgIpc) is 2.66. The zero-order chi connectivity index (χ0) is 11.3. The summed E-state index contributed by atoms with van der Waals surface area (Å²) in [5.41, 5.74) is 0. The minimum absolute atomic E-state index is 0.0177. The SMILES string of the molecule is C=CCC(C)NC(=O)c1ccc(NC)s1. The topological polar surface area (TPSA) is 41.1 Å². The van der Waals surface area contributed by atoms with Crippen molar-refractivity contribution in [3.63, 3.8) is 0 Å². The fraction of sp³-hybridized carbons (Fsp3) is 0.364. The van der Waals surface area contributed by atoms with E-state index in [9.17, 15) is 4.79 Å². The quantitative estimate of drug-likeness (QED) is 0.754. The van der Waals surface area contributed by atoms with Crippen LogP contribution in [0.2, 0.25) is 0 Å². The number of carbonyl (C=O) groups excluding carboxylic acids is 1. The molecule has 0 fully saturated rings. The average molecular weight is 224 g/mol. The Morgan fingerprint density at radius 2 is 2.40 bits per heavy atom. The van der Waals surface area contributed by atoms with E-state index in [1.54, 1.807) is 6.08 Å². The van der Waals surface area contributed by atoms with E-state index in [4.69, 9.17) is 0 Å². The first-order valence-corrected chi connectivity index (χ1v) is 5.68. The molecule has 0 saturated heterocycles. The molecule has 2 N–H and O–H groups in total. The van der Waals surface area contributed by atoms with Crippen molar-refractivity contribution in [2.24, 2.45) is 0 Å². The largest absolute Gasteiger partial charge is 0.380 e. The maximum atomic E-state index is 11.7. The van der Waals surface area contributed by atoms with Crippen LogP contribution in [0.25, 0.3) is 0 Å². The highest BCUT2D eigenvalue weighted by molar-refractivity contribution is 7.17. The summed E-state index contributed by atoms with van der Waals surface area (Å²) in [4.78, 5) is 12.4. The van der Waals surface area contributed by atoms with Gasteiger partial charge in [-0.3, -0.25) is 4.79 Å². The van der Waals surface area contributed by atoms with Crippen molar-refractivity contribution in [3.8, 4) is 0 Å². The molecule has 1 aromatic heterocycles. The van der Waals surface area contributed by atoms with Gasteiger partial charge in [-0.1, -0.05) is 6.08 Å². The van der Waals surface area contributed by atoms with Gasteiger partial charge in [0.05, 0.1) is 9.88 Å². The van der Waals surface area contributed by atoms with Gasteiger partial charge in [0.25, 0.3) is 5.91 Å². The lowest BCUT2D eigenvalue weighted by Gasteiger charge is -2.10. The van der Waals surface area contributed by atoms with E-state index < -0.39 is 0 Å². The van der Waals surface area contributed by atoms with Gasteiger partial charge in [-0.25, -0.2) is 0 Å². The van der Waals surface area contributed by atoms with Crippen LogP contribution in [0.4, 0.5) is 5.00 Å². The Morgan fingerprint density at radius 1 is 1.67 bits per heavy atom. The van der Waals surface area contributed by atoms with Crippen LogP contribution in [0, 0.1) is 0 Å². The van der Waals surface area contributed by atoms with Crippen LogP contribution in [0.5, 0.6) is 0 Å². The van der Waals surface area contributed by atoms with Crippen molar-refractivity contribution in [2.75, 3.05) is 12.4 Å². The minimum Gasteiger partial charge on any atom is -0.380 e. The molecule has 4 heteroatoms. The van der Waals surface area contributed by atoms with Gasteiger partial charge in [-0.2, -0.15) is 0 Å². The van der Waals surface area contributed by atoms with Gasteiger partial charge in [0.1, 0.15) is 0 Å². The molecule has 82 valence electrons. The van der Waals surface area contributed by atoms with Gasteiger partial charge in [0.2, 0.25) is 0 Å². The molecule has 3 nitrogen and oxygen atoms in total. The van der Waals surface area contributed by atoms with Gasteiger partial charge < -0.3 is 10.6 Å². The second-order valence-corrected chi connectivity index (χ2v) is 4.40. The minimum atomic E-state index is -0.0177. The highest BCUT2D eigenvalue weighted by Gasteiger charge is 2.10. The first-order chi connectivity index (χ1) is 7.17. The maximum absolute atomic E-state index is 11.7. The van der Waals surface area contributed by atoms with Gasteiger partial charge >= 0.3 is 0 Å². The van der Waals surface area contributed by atoms with Crippen molar-refractivity contribution in [3.05, 3.63) is 29.7 Å². The third kappa shape index (κ3) is 3.40. The summed E-state index contributed by atoms with van der Waals surface area (Å²) in [5.74, 6) is -0.0177. The first kappa shape index (κ1) is 11.8. The van der Waals surface area contributed by atoms with Crippen molar-refractivity contribution in [1.29, 1.82) is 0 Å². The summed E-state index contributed by atoms with van der Waals surface area (Å²) in [6, 6.07) is 3.86. The smallest absolute Gasteiger partial charge is 0.261 e. The number of hydrogen-bond donors (Lipinski definition) is 2. The van der Waals surface area contributed by atoms with Gasteiger partial charge in [-0.15, -0.1) is 17.9 Å². The predicted octanol–water partition coefficient (Wildman–Crippen LogP) is 2.48. The van der Waals surface area contributed by atoms with Crippen LogP contribution < -0.4 is 10.6 Å². The van der Waals surface area contributed by atoms with Crippen molar-refractivity contribution in [1.82, 2.24) is 5.32 Å². The molecule has 0 aliphatic rings. The molecular weight excluding hydrogens is 208 g/mol. The number of anilines is 1. The normalized spacial score (nSPS) is 11.9. The third-order valence-corrected chi connectivity index (χ3v) is 3.08. The third-order valence-electron chi connectivity index (χ3n) is 1.97. The highest BCUT2D eigenvalue weighted by Crippen LogP contribution is 2.20. The zero-order valence-corrected chi connectivity index (χ0v) is 9.86. The van der Waals surface area contributed by atoms with Crippen LogP contribution in [-0.2, 0) is 0 Å². The van der Waals surface area contributed by atoms with Crippen LogP contribution in [-0.4, -0.2) is 19.0 Å². The number of nitrogens with one attached hydrogen (secondary N) is 2. The van der Waals surface area contributed by atoms with E-state index in [1.807, 2.05) is 26.1 Å². The summed E-state index contributed by atoms with van der Waals surface area (Å²) in [6.45, 7) is 5.60. The highest BCUT2D eigenvalue weighted by atomic mass is 32.1. The molecule has 0 bridgehead atoms. The van der Waals surface area contributed by atoms with E-state index in [1.165, 1.54) is 11.3 Å². The number of hydrogen-bond acceptors (Lipinski definition) is 3. The molecule has 1 unspecified atom stereocenters. The number of amides is 1. The first-order valence-electron chi connectivity index (χ1n) is 4.86. The second kappa shape index (κ2) is 5.56. The van der Waals surface area contributed by atoms with Crippen molar-refractivity contribution < 1.29 is 4.79 Å². The van der Waals surface area contributed by atoms with Gasteiger partial charge in [0, 0.05) is 13.1 Å². The molecule has 0 aromatic carbocycles. The number of thiophene rings is 1. The standard InChI is InChI=1S/C11H16N2OS/c1-4-5-8(2)13-11(14)9-6-7-10(12-3)15-9/h4,6-8,12H,1,5H2,2-3H3,(H,13,14). The van der Waals surface area contributed by atoms with Gasteiger partial charge in [0.15, 0.2) is 0 Å². The van der Waals surface area contributed by atoms with Gasteiger partial charge in [-0.05, 0) is 25.5 Å².